The molecule has 1 unspecified atom stereocenters. The highest BCUT2D eigenvalue weighted by Gasteiger charge is 2.41. The maximum atomic E-state index is 13.2. The van der Waals surface area contributed by atoms with Gasteiger partial charge >= 0.3 is 5.69 Å². The topological polar surface area (TPSA) is 126 Å². The number of fused-ring (bicyclic) bond motifs is 2. The van der Waals surface area contributed by atoms with Crippen molar-refractivity contribution in [1.82, 2.24) is 9.55 Å². The first-order chi connectivity index (χ1) is 16.9. The van der Waals surface area contributed by atoms with Crippen LogP contribution >= 0.6 is 0 Å². The number of H-pyrrole nitrogens is 1. The van der Waals surface area contributed by atoms with Crippen molar-refractivity contribution in [3.8, 4) is 40.3 Å². The van der Waals surface area contributed by atoms with E-state index in [-0.39, 0.29) is 18.0 Å². The van der Waals surface area contributed by atoms with Crippen LogP contribution in [-0.2, 0) is 6.42 Å². The van der Waals surface area contributed by atoms with Gasteiger partial charge in [-0.25, -0.2) is 9.36 Å². The lowest BCUT2D eigenvalue weighted by Gasteiger charge is -2.33. The third kappa shape index (κ3) is 3.46. The zero-order valence-electron chi connectivity index (χ0n) is 19.8. The summed E-state index contributed by atoms with van der Waals surface area (Å²) in [5.41, 5.74) is 0.348. The van der Waals surface area contributed by atoms with Gasteiger partial charge in [-0.3, -0.25) is 9.78 Å². The predicted molar refractivity (Wildman–Crippen MR) is 124 cm³/mol. The Kier molecular flexibility index (Phi) is 5.56. The van der Waals surface area contributed by atoms with Crippen molar-refractivity contribution < 1.29 is 33.7 Å². The number of benzene rings is 2. The van der Waals surface area contributed by atoms with E-state index in [1.807, 2.05) is 13.1 Å². The molecule has 5 rings (SSSR count). The highest BCUT2D eigenvalue weighted by atomic mass is 16.7. The molecule has 2 aliphatic rings. The van der Waals surface area contributed by atoms with Gasteiger partial charge in [-0.2, -0.15) is 0 Å². The van der Waals surface area contributed by atoms with Crippen molar-refractivity contribution in [2.75, 3.05) is 41.7 Å². The second-order valence-electron chi connectivity index (χ2n) is 8.37. The van der Waals surface area contributed by atoms with E-state index in [1.165, 1.54) is 21.3 Å². The Morgan fingerprint density at radius 1 is 1.09 bits per heavy atom. The molecule has 11 nitrogen and oxygen atoms in total. The van der Waals surface area contributed by atoms with E-state index in [4.69, 9.17) is 23.7 Å². The van der Waals surface area contributed by atoms with Crippen LogP contribution in [0.2, 0.25) is 0 Å². The number of likely N-dealkylation sites (N-methyl/N-ethyl adjacent to an activating group) is 1. The Morgan fingerprint density at radius 2 is 1.89 bits per heavy atom. The van der Waals surface area contributed by atoms with Gasteiger partial charge in [0.1, 0.15) is 17.1 Å². The molecule has 0 bridgehead atoms. The molecule has 184 valence electrons. The second kappa shape index (κ2) is 8.58. The molecular weight excluding hydrogens is 458 g/mol. The number of rotatable bonds is 5. The van der Waals surface area contributed by atoms with Gasteiger partial charge in [0.25, 0.3) is 5.56 Å². The lowest BCUT2D eigenvalue weighted by Crippen LogP contribution is -3.10. The van der Waals surface area contributed by atoms with E-state index in [0.29, 0.717) is 47.3 Å². The summed E-state index contributed by atoms with van der Waals surface area (Å²) in [6, 6.07) is 6.05. The van der Waals surface area contributed by atoms with E-state index in [9.17, 15) is 14.7 Å². The normalized spacial score (nSPS) is 18.2. The molecule has 2 atom stereocenters. The molecule has 0 fully saturated rings. The SMILES string of the molecule is COc1ccc(OC)c(-n2c(O)c([C@@H]3c4c(cc5c(c4OC)OCO5)CC[NH+]3C)c(=O)[nH]c2=O)c1. The summed E-state index contributed by atoms with van der Waals surface area (Å²) in [7, 11) is 6.37. The second-order valence-corrected chi connectivity index (χ2v) is 8.37. The number of aromatic nitrogens is 2. The maximum absolute atomic E-state index is 13.2. The van der Waals surface area contributed by atoms with Gasteiger partial charge in [0.2, 0.25) is 18.4 Å². The molecule has 0 aliphatic carbocycles. The fraction of sp³-hybridized carbons (Fsp3) is 0.333. The molecule has 3 N–H and O–H groups in total. The first-order valence-electron chi connectivity index (χ1n) is 11.0. The zero-order valence-corrected chi connectivity index (χ0v) is 19.8. The molecule has 3 heterocycles. The standard InChI is InChI=1S/C24H25N3O8/c1-26-8-7-12-9-16-20(35-11-34-16)21(33-4)17(12)19(26)18-22(28)25-24(30)27(23(18)29)14-10-13(31-2)5-6-15(14)32-3/h5-6,9-10,19,29H,7-8,11H2,1-4H3,(H,25,28,30)/p+1/t19-/m0/s1. The van der Waals surface area contributed by atoms with E-state index < -0.39 is 23.2 Å². The van der Waals surface area contributed by atoms with Gasteiger partial charge < -0.3 is 33.7 Å². The Labute approximate surface area is 200 Å². The van der Waals surface area contributed by atoms with Crippen LogP contribution in [0.4, 0.5) is 0 Å². The smallest absolute Gasteiger partial charge is 0.335 e. The number of quaternary nitrogens is 1. The van der Waals surface area contributed by atoms with Gasteiger partial charge in [0, 0.05) is 12.5 Å². The lowest BCUT2D eigenvalue weighted by atomic mass is 9.87. The Bertz CT molecular complexity index is 1430. The van der Waals surface area contributed by atoms with Crippen LogP contribution in [0.1, 0.15) is 22.7 Å². The summed E-state index contributed by atoms with van der Waals surface area (Å²) >= 11 is 0. The summed E-state index contributed by atoms with van der Waals surface area (Å²) in [4.78, 5) is 29.5. The predicted octanol–water partition coefficient (Wildman–Crippen LogP) is 0.146. The molecule has 0 radical (unpaired) electrons. The van der Waals surface area contributed by atoms with E-state index in [0.717, 1.165) is 15.0 Å². The number of aromatic hydroxyl groups is 1. The quantitative estimate of drug-likeness (QED) is 0.467. The summed E-state index contributed by atoms with van der Waals surface area (Å²) in [6.07, 6.45) is 0.701. The first kappa shape index (κ1) is 22.7. The van der Waals surface area contributed by atoms with Gasteiger partial charge in [-0.1, -0.05) is 0 Å². The Morgan fingerprint density at radius 3 is 2.60 bits per heavy atom. The summed E-state index contributed by atoms with van der Waals surface area (Å²) in [5, 5.41) is 11.5. The molecule has 0 saturated heterocycles. The van der Waals surface area contributed by atoms with E-state index >= 15 is 0 Å². The molecule has 2 aromatic carbocycles. The van der Waals surface area contributed by atoms with E-state index in [1.54, 1.807) is 18.2 Å². The molecular formula is C24H26N3O8+. The number of hydrogen-bond donors (Lipinski definition) is 3. The van der Waals surface area contributed by atoms with Gasteiger partial charge in [-0.05, 0) is 23.8 Å². The maximum Gasteiger partial charge on any atom is 0.335 e. The van der Waals surface area contributed by atoms with Crippen LogP contribution in [-0.4, -0.2) is 56.4 Å². The van der Waals surface area contributed by atoms with Crippen LogP contribution in [0.25, 0.3) is 5.69 Å². The number of hydrogen-bond acceptors (Lipinski definition) is 8. The molecule has 2 aliphatic heterocycles. The van der Waals surface area contributed by atoms with Crippen LogP contribution in [0.5, 0.6) is 34.6 Å². The van der Waals surface area contributed by atoms with Crippen molar-refractivity contribution in [3.05, 3.63) is 61.8 Å². The zero-order chi connectivity index (χ0) is 24.9. The third-order valence-electron chi connectivity index (χ3n) is 6.55. The average molecular weight is 484 g/mol. The first-order valence-corrected chi connectivity index (χ1v) is 11.0. The molecule has 11 heteroatoms. The average Bonchev–Trinajstić information content (AvgIpc) is 3.32. The molecule has 1 aromatic heterocycles. The largest absolute Gasteiger partial charge is 0.497 e. The Balaban J connectivity index is 1.80. The Hall–Kier alpha value is -4.12. The van der Waals surface area contributed by atoms with Crippen molar-refractivity contribution in [1.29, 1.82) is 0 Å². The van der Waals surface area contributed by atoms with Gasteiger partial charge in [0.05, 0.1) is 46.2 Å². The molecule has 0 amide bonds. The van der Waals surface area contributed by atoms with Gasteiger partial charge in [-0.15, -0.1) is 0 Å². The van der Waals surface area contributed by atoms with Gasteiger partial charge in [0.15, 0.2) is 17.5 Å². The van der Waals surface area contributed by atoms with Crippen molar-refractivity contribution in [2.24, 2.45) is 0 Å². The molecule has 35 heavy (non-hydrogen) atoms. The van der Waals surface area contributed by atoms with Crippen molar-refractivity contribution in [2.45, 2.75) is 12.5 Å². The number of nitrogens with zero attached hydrogens (tertiary/aromatic N) is 1. The fourth-order valence-corrected chi connectivity index (χ4v) is 4.91. The number of ether oxygens (including phenoxy) is 5. The summed E-state index contributed by atoms with van der Waals surface area (Å²) in [5.74, 6) is 1.72. The summed E-state index contributed by atoms with van der Waals surface area (Å²) < 4.78 is 28.7. The lowest BCUT2D eigenvalue weighted by molar-refractivity contribution is -0.908. The fourth-order valence-electron chi connectivity index (χ4n) is 4.91. The van der Waals surface area contributed by atoms with Crippen molar-refractivity contribution in [3.63, 3.8) is 0 Å². The molecule has 0 spiro atoms. The van der Waals surface area contributed by atoms with Crippen LogP contribution in [0, 0.1) is 0 Å². The molecule has 3 aromatic rings. The van der Waals surface area contributed by atoms with Crippen molar-refractivity contribution >= 4 is 0 Å². The third-order valence-corrected chi connectivity index (χ3v) is 6.55. The van der Waals surface area contributed by atoms with Crippen LogP contribution < -0.4 is 39.8 Å². The summed E-state index contributed by atoms with van der Waals surface area (Å²) in [6.45, 7) is 0.731. The highest BCUT2D eigenvalue weighted by molar-refractivity contribution is 5.63. The highest BCUT2D eigenvalue weighted by Crippen LogP contribution is 2.48. The minimum absolute atomic E-state index is 0.0186. The number of aromatic amines is 1. The number of methoxy groups -OCH3 is 3. The minimum Gasteiger partial charge on any atom is -0.497 e. The monoisotopic (exact) mass is 484 g/mol. The molecule has 0 saturated carbocycles. The number of nitrogens with one attached hydrogen (secondary N) is 2. The minimum atomic E-state index is -0.811. The van der Waals surface area contributed by atoms with E-state index in [2.05, 4.69) is 4.98 Å². The van der Waals surface area contributed by atoms with Crippen LogP contribution in [0.15, 0.2) is 33.9 Å². The van der Waals surface area contributed by atoms with Crippen LogP contribution in [0.3, 0.4) is 0 Å².